The minimum Gasteiger partial charge on any atom is -0.477 e. The van der Waals surface area contributed by atoms with Crippen molar-refractivity contribution in [3.63, 3.8) is 0 Å². The highest BCUT2D eigenvalue weighted by Crippen LogP contribution is 2.25. The topological polar surface area (TPSA) is 80.2 Å². The van der Waals surface area contributed by atoms with E-state index in [2.05, 4.69) is 25.2 Å². The van der Waals surface area contributed by atoms with Gasteiger partial charge in [0.25, 0.3) is 5.91 Å². The van der Waals surface area contributed by atoms with Crippen molar-refractivity contribution in [2.45, 2.75) is 19.8 Å². The summed E-state index contributed by atoms with van der Waals surface area (Å²) in [5.41, 5.74) is 0.656. The van der Waals surface area contributed by atoms with E-state index in [0.717, 1.165) is 24.3 Å². The molecule has 24 heavy (non-hydrogen) atoms. The average molecular weight is 349 g/mol. The standard InChI is InChI=1S/C16H23N5O2S/c1-4-23-14-11-17-9-12(20-14)13-10-19-16(24-13)15(22)18-7-5-6-8-21(2)3/h9-11H,4-8H2,1-3H3,(H,18,22). The lowest BCUT2D eigenvalue weighted by Gasteiger charge is -2.08. The molecule has 130 valence electrons. The summed E-state index contributed by atoms with van der Waals surface area (Å²) >= 11 is 1.30. The van der Waals surface area contributed by atoms with Gasteiger partial charge in [0.1, 0.15) is 5.69 Å². The number of amides is 1. The second kappa shape index (κ2) is 9.29. The van der Waals surface area contributed by atoms with Gasteiger partial charge in [-0.2, -0.15) is 0 Å². The fourth-order valence-electron chi connectivity index (χ4n) is 2.01. The van der Waals surface area contributed by atoms with E-state index in [-0.39, 0.29) is 5.91 Å². The van der Waals surface area contributed by atoms with E-state index in [1.165, 1.54) is 11.3 Å². The summed E-state index contributed by atoms with van der Waals surface area (Å²) in [4.78, 5) is 27.7. The maximum atomic E-state index is 12.1. The first kappa shape index (κ1) is 18.3. The second-order valence-corrected chi connectivity index (χ2v) is 6.50. The molecule has 0 aliphatic carbocycles. The Labute approximate surface area is 146 Å². The fraction of sp³-hybridized carbons (Fsp3) is 0.500. The maximum absolute atomic E-state index is 12.1. The highest BCUT2D eigenvalue weighted by Gasteiger charge is 2.13. The predicted molar refractivity (Wildman–Crippen MR) is 94.4 cm³/mol. The lowest BCUT2D eigenvalue weighted by molar-refractivity contribution is 0.0952. The Hall–Kier alpha value is -2.06. The molecule has 2 aromatic rings. The zero-order valence-corrected chi connectivity index (χ0v) is 15.1. The summed E-state index contributed by atoms with van der Waals surface area (Å²) < 4.78 is 5.34. The van der Waals surface area contributed by atoms with Crippen LogP contribution in [0.1, 0.15) is 29.6 Å². The molecule has 7 nitrogen and oxygen atoms in total. The van der Waals surface area contributed by atoms with E-state index in [4.69, 9.17) is 4.74 Å². The monoisotopic (exact) mass is 349 g/mol. The quantitative estimate of drug-likeness (QED) is 0.698. The third kappa shape index (κ3) is 5.54. The molecular weight excluding hydrogens is 326 g/mol. The lowest BCUT2D eigenvalue weighted by Crippen LogP contribution is -2.25. The first-order valence-corrected chi connectivity index (χ1v) is 8.75. The highest BCUT2D eigenvalue weighted by molar-refractivity contribution is 7.16. The van der Waals surface area contributed by atoms with Crippen LogP contribution in [0.4, 0.5) is 0 Å². The van der Waals surface area contributed by atoms with Crippen LogP contribution in [0.15, 0.2) is 18.6 Å². The van der Waals surface area contributed by atoms with Crippen LogP contribution in [-0.4, -0.2) is 59.6 Å². The van der Waals surface area contributed by atoms with Crippen LogP contribution in [0.25, 0.3) is 10.6 Å². The van der Waals surface area contributed by atoms with Gasteiger partial charge in [0.15, 0.2) is 5.01 Å². The number of hydrogen-bond acceptors (Lipinski definition) is 7. The number of ether oxygens (including phenoxy) is 1. The molecule has 0 saturated carbocycles. The van der Waals surface area contributed by atoms with E-state index in [1.54, 1.807) is 18.6 Å². The number of nitrogens with zero attached hydrogens (tertiary/aromatic N) is 4. The molecule has 2 heterocycles. The zero-order valence-electron chi connectivity index (χ0n) is 14.3. The average Bonchev–Trinajstić information content (AvgIpc) is 3.05. The van der Waals surface area contributed by atoms with Crippen LogP contribution < -0.4 is 10.1 Å². The Morgan fingerprint density at radius 3 is 2.88 bits per heavy atom. The summed E-state index contributed by atoms with van der Waals surface area (Å²) in [6.45, 7) is 4.09. The Bertz CT molecular complexity index is 659. The number of carbonyl (C=O) groups is 1. The molecule has 8 heteroatoms. The van der Waals surface area contributed by atoms with Gasteiger partial charge in [0, 0.05) is 12.7 Å². The number of aromatic nitrogens is 3. The van der Waals surface area contributed by atoms with Crippen LogP contribution >= 0.6 is 11.3 Å². The summed E-state index contributed by atoms with van der Waals surface area (Å²) in [5, 5.41) is 3.33. The first-order valence-electron chi connectivity index (χ1n) is 7.94. The minimum absolute atomic E-state index is 0.148. The molecule has 1 N–H and O–H groups in total. The lowest BCUT2D eigenvalue weighted by atomic mass is 10.3. The molecule has 2 rings (SSSR count). The molecule has 0 bridgehead atoms. The van der Waals surface area contributed by atoms with Gasteiger partial charge in [0.05, 0.1) is 23.9 Å². The number of nitrogens with one attached hydrogen (secondary N) is 1. The molecule has 0 fully saturated rings. The van der Waals surface area contributed by atoms with Crippen molar-refractivity contribution in [3.05, 3.63) is 23.6 Å². The Kier molecular flexibility index (Phi) is 7.07. The van der Waals surface area contributed by atoms with Gasteiger partial charge in [-0.05, 0) is 40.4 Å². The van der Waals surface area contributed by atoms with E-state index in [0.29, 0.717) is 29.7 Å². The SMILES string of the molecule is CCOc1cncc(-c2cnc(C(=O)NCCCCN(C)C)s2)n1. The Balaban J connectivity index is 1.90. The van der Waals surface area contributed by atoms with E-state index in [9.17, 15) is 4.79 Å². The van der Waals surface area contributed by atoms with Crippen LogP contribution in [-0.2, 0) is 0 Å². The highest BCUT2D eigenvalue weighted by atomic mass is 32.1. The number of hydrogen-bond donors (Lipinski definition) is 1. The molecular formula is C16H23N5O2S. The molecule has 0 aliphatic heterocycles. The van der Waals surface area contributed by atoms with Gasteiger partial charge < -0.3 is 15.0 Å². The van der Waals surface area contributed by atoms with Gasteiger partial charge in [-0.15, -0.1) is 11.3 Å². The van der Waals surface area contributed by atoms with Crippen LogP contribution in [0.3, 0.4) is 0 Å². The molecule has 0 radical (unpaired) electrons. The minimum atomic E-state index is -0.148. The van der Waals surface area contributed by atoms with Gasteiger partial charge in [-0.1, -0.05) is 0 Å². The third-order valence-electron chi connectivity index (χ3n) is 3.17. The van der Waals surface area contributed by atoms with Gasteiger partial charge in [-0.25, -0.2) is 9.97 Å². The fourth-order valence-corrected chi connectivity index (χ4v) is 2.80. The summed E-state index contributed by atoms with van der Waals surface area (Å²) in [6, 6.07) is 0. The van der Waals surface area contributed by atoms with Crippen molar-refractivity contribution < 1.29 is 9.53 Å². The van der Waals surface area contributed by atoms with Crippen LogP contribution in [0.5, 0.6) is 5.88 Å². The molecule has 0 unspecified atom stereocenters. The molecule has 0 saturated heterocycles. The number of unbranched alkanes of at least 4 members (excludes halogenated alkanes) is 1. The van der Waals surface area contributed by atoms with Crippen molar-refractivity contribution in [2.24, 2.45) is 0 Å². The predicted octanol–water partition coefficient (Wildman–Crippen LogP) is 2.07. The molecule has 0 atom stereocenters. The van der Waals surface area contributed by atoms with Crippen molar-refractivity contribution in [1.82, 2.24) is 25.2 Å². The zero-order chi connectivity index (χ0) is 17.4. The number of carbonyl (C=O) groups excluding carboxylic acids is 1. The number of rotatable bonds is 9. The van der Waals surface area contributed by atoms with Gasteiger partial charge in [-0.3, -0.25) is 9.78 Å². The smallest absolute Gasteiger partial charge is 0.280 e. The molecule has 2 aromatic heterocycles. The Morgan fingerprint density at radius 2 is 2.12 bits per heavy atom. The third-order valence-corrected chi connectivity index (χ3v) is 4.19. The van der Waals surface area contributed by atoms with Crippen molar-refractivity contribution >= 4 is 17.2 Å². The summed E-state index contributed by atoms with van der Waals surface area (Å²) in [7, 11) is 4.08. The second-order valence-electron chi connectivity index (χ2n) is 5.47. The van der Waals surface area contributed by atoms with Crippen molar-refractivity contribution in [2.75, 3.05) is 33.8 Å². The summed E-state index contributed by atoms with van der Waals surface area (Å²) in [6.07, 6.45) is 6.85. The first-order chi connectivity index (χ1) is 11.6. The van der Waals surface area contributed by atoms with E-state index >= 15 is 0 Å². The molecule has 0 aliphatic rings. The molecule has 0 aromatic carbocycles. The van der Waals surface area contributed by atoms with E-state index in [1.807, 2.05) is 21.0 Å². The largest absolute Gasteiger partial charge is 0.477 e. The van der Waals surface area contributed by atoms with Gasteiger partial charge in [0.2, 0.25) is 5.88 Å². The molecule has 0 spiro atoms. The Morgan fingerprint density at radius 1 is 1.29 bits per heavy atom. The van der Waals surface area contributed by atoms with E-state index < -0.39 is 0 Å². The maximum Gasteiger partial charge on any atom is 0.280 e. The van der Waals surface area contributed by atoms with Crippen molar-refractivity contribution in [3.8, 4) is 16.5 Å². The van der Waals surface area contributed by atoms with Crippen LogP contribution in [0, 0.1) is 0 Å². The summed E-state index contributed by atoms with van der Waals surface area (Å²) in [5.74, 6) is 0.320. The van der Waals surface area contributed by atoms with Gasteiger partial charge >= 0.3 is 0 Å². The van der Waals surface area contributed by atoms with Crippen LogP contribution in [0.2, 0.25) is 0 Å². The molecule has 1 amide bonds. The number of thiazole rings is 1. The normalized spacial score (nSPS) is 10.8. The van der Waals surface area contributed by atoms with Crippen molar-refractivity contribution in [1.29, 1.82) is 0 Å².